The monoisotopic (exact) mass is 652 g/mol. The van der Waals surface area contributed by atoms with Crippen LogP contribution in [0.3, 0.4) is 0 Å². The molecule has 0 aliphatic heterocycles. The van der Waals surface area contributed by atoms with Crippen molar-refractivity contribution < 1.29 is 66.1 Å². The number of halogens is 4. The zero-order valence-electron chi connectivity index (χ0n) is 26.2. The average Bonchev–Trinajstić information content (AvgIpc) is 2.99. The Morgan fingerprint density at radius 2 is 0.822 bits per heavy atom. The standard InChI is InChI=1S/C31H44F4O10/c1-5-20(36)12-14-30(28(42)43,24(40)26(32)33)18(16-22(38)7-3)10-9-11-19(17-23(39)8-4)31(29(44)45,25(41)27(34)35)15-13-21(37)6-2/h18-19,26-27H,5-17H2,1-4H3,(H,42,43)(H,44,45). The Labute approximate surface area is 259 Å². The molecule has 0 aromatic carbocycles. The molecule has 2 N–H and O–H groups in total. The van der Waals surface area contributed by atoms with Crippen LogP contribution in [0.15, 0.2) is 0 Å². The molecule has 0 fully saturated rings. The van der Waals surface area contributed by atoms with Gasteiger partial charge in [0.25, 0.3) is 12.9 Å². The number of carboxylic acid groups (broad SMARTS) is 2. The summed E-state index contributed by atoms with van der Waals surface area (Å²) in [7, 11) is 0. The first kappa shape index (κ1) is 41.7. The smallest absolute Gasteiger partial charge is 0.317 e. The van der Waals surface area contributed by atoms with Gasteiger partial charge in [0, 0.05) is 51.4 Å². The molecule has 10 nitrogen and oxygen atoms in total. The minimum absolute atomic E-state index is 0.0831. The van der Waals surface area contributed by atoms with E-state index in [9.17, 15) is 66.1 Å². The SMILES string of the molecule is CCC(=O)CCC(C(=O)O)(C(=O)C(F)F)C(CCCC(CC(=O)CC)C(CCC(=O)CC)(C(=O)O)C(=O)C(F)F)CC(=O)CC. The van der Waals surface area contributed by atoms with Crippen molar-refractivity contribution in [2.45, 2.75) is 124 Å². The van der Waals surface area contributed by atoms with Crippen LogP contribution < -0.4 is 0 Å². The number of rotatable bonds is 26. The van der Waals surface area contributed by atoms with E-state index in [-0.39, 0.29) is 32.1 Å². The highest BCUT2D eigenvalue weighted by Crippen LogP contribution is 2.45. The Bertz CT molecular complexity index is 1020. The fraction of sp³-hybridized carbons (Fsp3) is 0.742. The number of aliphatic carboxylic acids is 2. The molecule has 4 unspecified atom stereocenters. The van der Waals surface area contributed by atoms with Gasteiger partial charge in [0.15, 0.2) is 0 Å². The molecule has 0 aliphatic carbocycles. The second-order valence-electron chi connectivity index (χ2n) is 11.2. The number of hydrogen-bond donors (Lipinski definition) is 2. The Morgan fingerprint density at radius 3 is 1.04 bits per heavy atom. The summed E-state index contributed by atoms with van der Waals surface area (Å²) < 4.78 is 55.5. The van der Waals surface area contributed by atoms with Crippen molar-refractivity contribution in [2.24, 2.45) is 22.7 Å². The van der Waals surface area contributed by atoms with Gasteiger partial charge in [0.2, 0.25) is 11.6 Å². The molecule has 0 bridgehead atoms. The van der Waals surface area contributed by atoms with Crippen molar-refractivity contribution in [1.29, 1.82) is 0 Å². The maximum atomic E-state index is 13.9. The molecule has 0 aliphatic rings. The van der Waals surface area contributed by atoms with Crippen LogP contribution in [0.2, 0.25) is 0 Å². The maximum Gasteiger partial charge on any atom is 0.317 e. The van der Waals surface area contributed by atoms with E-state index >= 15 is 0 Å². The lowest BCUT2D eigenvalue weighted by Gasteiger charge is -2.38. The highest BCUT2D eigenvalue weighted by Gasteiger charge is 2.57. The molecule has 0 heterocycles. The first-order valence-corrected chi connectivity index (χ1v) is 15.1. The fourth-order valence-electron chi connectivity index (χ4n) is 5.74. The molecule has 0 saturated carbocycles. The van der Waals surface area contributed by atoms with Gasteiger partial charge in [-0.05, 0) is 37.5 Å². The van der Waals surface area contributed by atoms with E-state index in [4.69, 9.17) is 0 Å². The Morgan fingerprint density at radius 1 is 0.533 bits per heavy atom. The van der Waals surface area contributed by atoms with Gasteiger partial charge >= 0.3 is 11.9 Å². The molecule has 0 aromatic rings. The van der Waals surface area contributed by atoms with Crippen LogP contribution in [0, 0.1) is 22.7 Å². The van der Waals surface area contributed by atoms with Crippen molar-refractivity contribution in [3.05, 3.63) is 0 Å². The molecule has 0 radical (unpaired) electrons. The third-order valence-corrected chi connectivity index (χ3v) is 8.66. The summed E-state index contributed by atoms with van der Waals surface area (Å²) in [6, 6.07) is 0. The second-order valence-corrected chi connectivity index (χ2v) is 11.2. The van der Waals surface area contributed by atoms with E-state index in [1.807, 2.05) is 0 Å². The van der Waals surface area contributed by atoms with Gasteiger partial charge in [-0.2, -0.15) is 0 Å². The molecule has 45 heavy (non-hydrogen) atoms. The van der Waals surface area contributed by atoms with Crippen molar-refractivity contribution in [1.82, 2.24) is 0 Å². The number of ketones is 6. The van der Waals surface area contributed by atoms with E-state index < -0.39 is 134 Å². The zero-order valence-corrected chi connectivity index (χ0v) is 26.2. The van der Waals surface area contributed by atoms with Crippen molar-refractivity contribution in [3.63, 3.8) is 0 Å². The quantitative estimate of drug-likeness (QED) is 0.0901. The number of carbonyl (C=O) groups excluding carboxylic acids is 6. The van der Waals surface area contributed by atoms with Gasteiger partial charge in [-0.25, -0.2) is 17.6 Å². The summed E-state index contributed by atoms with van der Waals surface area (Å²) in [5, 5.41) is 20.3. The van der Waals surface area contributed by atoms with Crippen molar-refractivity contribution in [2.75, 3.05) is 0 Å². The van der Waals surface area contributed by atoms with Gasteiger partial charge in [-0.15, -0.1) is 0 Å². The zero-order chi connectivity index (χ0) is 35.1. The van der Waals surface area contributed by atoms with Gasteiger partial charge in [-0.3, -0.25) is 38.4 Å². The van der Waals surface area contributed by atoms with E-state index in [0.717, 1.165) is 0 Å². The molecule has 0 saturated heterocycles. The van der Waals surface area contributed by atoms with E-state index in [2.05, 4.69) is 0 Å². The lowest BCUT2D eigenvalue weighted by atomic mass is 9.63. The summed E-state index contributed by atoms with van der Waals surface area (Å²) in [5.74, 6) is -13.5. The van der Waals surface area contributed by atoms with Crippen LogP contribution in [-0.2, 0) is 38.4 Å². The van der Waals surface area contributed by atoms with Crippen LogP contribution in [0.1, 0.15) is 111 Å². The fourth-order valence-corrected chi connectivity index (χ4v) is 5.74. The van der Waals surface area contributed by atoms with Gasteiger partial charge in [0.1, 0.15) is 34.0 Å². The predicted octanol–water partition coefficient (Wildman–Crippen LogP) is 5.46. The number of alkyl halides is 4. The van der Waals surface area contributed by atoms with Gasteiger partial charge in [-0.1, -0.05) is 34.1 Å². The van der Waals surface area contributed by atoms with E-state index in [1.54, 1.807) is 0 Å². The summed E-state index contributed by atoms with van der Waals surface area (Å²) >= 11 is 0. The molecule has 0 rings (SSSR count). The summed E-state index contributed by atoms with van der Waals surface area (Å²) in [6.07, 6.45) is -13.6. The van der Waals surface area contributed by atoms with Crippen LogP contribution in [-0.4, -0.2) is 69.7 Å². The van der Waals surface area contributed by atoms with Gasteiger partial charge < -0.3 is 10.2 Å². The molecule has 256 valence electrons. The molecule has 4 atom stereocenters. The van der Waals surface area contributed by atoms with Crippen LogP contribution >= 0.6 is 0 Å². The first-order chi connectivity index (χ1) is 20.9. The van der Waals surface area contributed by atoms with Crippen LogP contribution in [0.5, 0.6) is 0 Å². The topological polar surface area (TPSA) is 177 Å². The lowest BCUT2D eigenvalue weighted by molar-refractivity contribution is -0.167. The largest absolute Gasteiger partial charge is 0.480 e. The van der Waals surface area contributed by atoms with Gasteiger partial charge in [0.05, 0.1) is 0 Å². The number of carbonyl (C=O) groups is 8. The molecule has 14 heteroatoms. The molecule has 0 aromatic heterocycles. The highest BCUT2D eigenvalue weighted by molar-refractivity contribution is 6.06. The molecule has 0 spiro atoms. The van der Waals surface area contributed by atoms with E-state index in [1.165, 1.54) is 27.7 Å². The van der Waals surface area contributed by atoms with Crippen molar-refractivity contribution in [3.8, 4) is 0 Å². The number of Topliss-reactive ketones (excluding diaryl/α,β-unsaturated/α-hetero) is 6. The minimum Gasteiger partial charge on any atom is -0.480 e. The van der Waals surface area contributed by atoms with Crippen molar-refractivity contribution >= 4 is 46.6 Å². The summed E-state index contributed by atoms with van der Waals surface area (Å²) in [6.45, 7) is 5.72. The molecule has 0 amide bonds. The third-order valence-electron chi connectivity index (χ3n) is 8.66. The summed E-state index contributed by atoms with van der Waals surface area (Å²) in [5.41, 5.74) is -5.79. The lowest BCUT2D eigenvalue weighted by Crippen LogP contribution is -2.50. The highest BCUT2D eigenvalue weighted by atomic mass is 19.3. The van der Waals surface area contributed by atoms with Crippen LogP contribution in [0.4, 0.5) is 17.6 Å². The molecular weight excluding hydrogens is 608 g/mol. The van der Waals surface area contributed by atoms with E-state index in [0.29, 0.717) is 0 Å². The predicted molar refractivity (Wildman–Crippen MR) is 152 cm³/mol. The first-order valence-electron chi connectivity index (χ1n) is 15.1. The maximum absolute atomic E-state index is 13.9. The normalized spacial score (nSPS) is 15.5. The Hall–Kier alpha value is -3.32. The Kier molecular flexibility index (Phi) is 17.8. The minimum atomic E-state index is -3.79. The number of carboxylic acids is 2. The average molecular weight is 653 g/mol. The summed E-state index contributed by atoms with van der Waals surface area (Å²) in [4.78, 5) is 100. The number of hydrogen-bond acceptors (Lipinski definition) is 8. The Balaban J connectivity index is 7.02. The second kappa shape index (κ2) is 19.3. The van der Waals surface area contributed by atoms with Crippen LogP contribution in [0.25, 0.3) is 0 Å². The molecular formula is C31H44F4O10. The third kappa shape index (κ3) is 10.9.